The molecule has 1 aromatic carbocycles. The minimum Gasteiger partial charge on any atom is -0.444 e. The molecular weight excluding hydrogens is 592 g/mol. The van der Waals surface area contributed by atoms with Crippen molar-refractivity contribution in [3.05, 3.63) is 40.7 Å². The Balaban J connectivity index is 1.51. The van der Waals surface area contributed by atoms with Crippen molar-refractivity contribution in [1.29, 1.82) is 5.26 Å². The molecule has 4 aromatic rings. The summed E-state index contributed by atoms with van der Waals surface area (Å²) in [6.45, 7) is 8.83. The molecule has 0 unspecified atom stereocenters. The number of aromatic nitrogens is 3. The molecule has 2 atom stereocenters. The number of carbonyl (C=O) groups excluding carboxylic acids is 1. The Labute approximate surface area is 256 Å². The Morgan fingerprint density at radius 2 is 2.02 bits per heavy atom. The molecule has 3 aromatic heterocycles. The molecule has 2 aliphatic rings. The highest BCUT2D eigenvalue weighted by molar-refractivity contribution is 7.23. The highest BCUT2D eigenvalue weighted by atomic mass is 32.1. The van der Waals surface area contributed by atoms with Gasteiger partial charge >= 0.3 is 6.09 Å². The first-order chi connectivity index (χ1) is 20.9. The fourth-order valence-corrected chi connectivity index (χ4v) is 6.79. The molecule has 0 radical (unpaired) electrons. The number of amides is 1. The number of β-amino-alcohol motifs (C(OH)–C–C–N with tert-alkyl or cyclic N) is 1. The summed E-state index contributed by atoms with van der Waals surface area (Å²) in [5, 5.41) is 24.0. The van der Waals surface area contributed by atoms with E-state index in [4.69, 9.17) is 9.47 Å². The molecule has 1 saturated heterocycles. The van der Waals surface area contributed by atoms with Crippen molar-refractivity contribution in [1.82, 2.24) is 19.9 Å². The van der Waals surface area contributed by atoms with Crippen LogP contribution in [0.5, 0.6) is 0 Å². The molecule has 230 valence electrons. The summed E-state index contributed by atoms with van der Waals surface area (Å²) in [7, 11) is 1.93. The number of likely N-dealkylation sites (N-methyl/N-ethyl adjacent to an activating group) is 1. The number of anilines is 2. The van der Waals surface area contributed by atoms with E-state index >= 15 is 8.78 Å². The second-order valence-corrected chi connectivity index (χ2v) is 12.9. The number of nitriles is 1. The van der Waals surface area contributed by atoms with Crippen molar-refractivity contribution in [3.63, 3.8) is 0 Å². The summed E-state index contributed by atoms with van der Waals surface area (Å²) in [4.78, 5) is 29.8. The van der Waals surface area contributed by atoms with Crippen LogP contribution in [0.2, 0.25) is 0 Å². The van der Waals surface area contributed by atoms with Crippen molar-refractivity contribution in [2.24, 2.45) is 0 Å². The lowest BCUT2D eigenvalue weighted by Gasteiger charge is -2.24. The van der Waals surface area contributed by atoms with Gasteiger partial charge in [-0.05, 0) is 45.5 Å². The smallest absolute Gasteiger partial charge is 0.412 e. The van der Waals surface area contributed by atoms with E-state index in [1.54, 1.807) is 27.0 Å². The molecule has 2 N–H and O–H groups in total. The number of nitrogens with one attached hydrogen (secondary N) is 1. The minimum absolute atomic E-state index is 0.0242. The molecular formula is C30H31F2N7O4S. The Bertz CT molecular complexity index is 1850. The lowest BCUT2D eigenvalue weighted by atomic mass is 9.94. The summed E-state index contributed by atoms with van der Waals surface area (Å²) in [5.41, 5.74) is 0.414. The summed E-state index contributed by atoms with van der Waals surface area (Å²) < 4.78 is 43.0. The normalized spacial score (nSPS) is 18.3. The molecule has 14 heteroatoms. The molecule has 1 amide bonds. The number of halogens is 2. The van der Waals surface area contributed by atoms with Crippen LogP contribution in [0.4, 0.5) is 24.5 Å². The molecule has 0 saturated carbocycles. The zero-order valence-electron chi connectivity index (χ0n) is 24.9. The van der Waals surface area contributed by atoms with Crippen LogP contribution in [-0.2, 0) is 22.7 Å². The number of rotatable bonds is 5. The number of hydrogen-bond donors (Lipinski definition) is 2. The van der Waals surface area contributed by atoms with E-state index in [1.807, 2.05) is 29.8 Å². The molecule has 11 nitrogen and oxygen atoms in total. The largest absolute Gasteiger partial charge is 0.444 e. The predicted molar refractivity (Wildman–Crippen MR) is 161 cm³/mol. The maximum absolute atomic E-state index is 16.8. The van der Waals surface area contributed by atoms with Crippen molar-refractivity contribution < 1.29 is 28.2 Å². The molecule has 2 aliphatic heterocycles. The van der Waals surface area contributed by atoms with Gasteiger partial charge in [-0.25, -0.2) is 23.5 Å². The van der Waals surface area contributed by atoms with E-state index in [9.17, 15) is 15.2 Å². The number of aliphatic hydroxyl groups is 1. The van der Waals surface area contributed by atoms with Crippen molar-refractivity contribution in [2.45, 2.75) is 58.7 Å². The number of thiophene rings is 1. The molecule has 6 rings (SSSR count). The number of carbonyl (C=O) groups is 1. The molecule has 0 aliphatic carbocycles. The van der Waals surface area contributed by atoms with Crippen molar-refractivity contribution in [3.8, 4) is 17.3 Å². The van der Waals surface area contributed by atoms with Gasteiger partial charge in [0.1, 0.15) is 22.2 Å². The number of hydrogen-bond acceptors (Lipinski definition) is 11. The van der Waals surface area contributed by atoms with Gasteiger partial charge in [-0.3, -0.25) is 15.2 Å². The third-order valence-corrected chi connectivity index (χ3v) is 9.04. The van der Waals surface area contributed by atoms with Gasteiger partial charge in [-0.2, -0.15) is 5.26 Å². The summed E-state index contributed by atoms with van der Waals surface area (Å²) >= 11 is 0.842. The lowest BCUT2D eigenvalue weighted by molar-refractivity contribution is 0.0636. The van der Waals surface area contributed by atoms with Gasteiger partial charge < -0.3 is 19.5 Å². The Morgan fingerprint density at radius 3 is 2.73 bits per heavy atom. The standard InChI is InChI=1S/C30H31F2N7O4S/c1-6-38(5)19-10-39(11-20(19)40)28-35-8-15-16-12-42-13-17(16)21(23(32)24(15)36-28)25-22-14(7-33)27(37-29(41)43-30(2,3)4)44-26(22)18(31)9-34-25/h8-9,19-20,40H,6,10-13H2,1-5H3,(H,37,41)/t19-,20+/m1/s1. The van der Waals surface area contributed by atoms with E-state index in [0.717, 1.165) is 24.1 Å². The van der Waals surface area contributed by atoms with Gasteiger partial charge in [0.15, 0.2) is 11.6 Å². The zero-order valence-corrected chi connectivity index (χ0v) is 25.7. The van der Waals surface area contributed by atoms with Gasteiger partial charge in [0.2, 0.25) is 5.95 Å². The topological polar surface area (TPSA) is 137 Å². The Morgan fingerprint density at radius 1 is 1.27 bits per heavy atom. The first-order valence-corrected chi connectivity index (χ1v) is 15.0. The average molecular weight is 624 g/mol. The number of pyridine rings is 1. The van der Waals surface area contributed by atoms with Gasteiger partial charge in [-0.15, -0.1) is 11.3 Å². The van der Waals surface area contributed by atoms with E-state index in [1.165, 1.54) is 0 Å². The summed E-state index contributed by atoms with van der Waals surface area (Å²) in [5.74, 6) is -1.17. The minimum atomic E-state index is -0.815. The second kappa shape index (κ2) is 11.2. The maximum Gasteiger partial charge on any atom is 0.412 e. The number of aliphatic hydroxyl groups excluding tert-OH is 1. The number of fused-ring (bicyclic) bond motifs is 4. The predicted octanol–water partition coefficient (Wildman–Crippen LogP) is 4.93. The molecule has 0 bridgehead atoms. The van der Waals surface area contributed by atoms with Gasteiger partial charge in [0, 0.05) is 35.6 Å². The first-order valence-electron chi connectivity index (χ1n) is 14.1. The van der Waals surface area contributed by atoms with E-state index < -0.39 is 29.4 Å². The van der Waals surface area contributed by atoms with Crippen LogP contribution in [0, 0.1) is 23.0 Å². The van der Waals surface area contributed by atoms with Gasteiger partial charge in [0.05, 0.1) is 47.5 Å². The second-order valence-electron chi connectivity index (χ2n) is 11.9. The van der Waals surface area contributed by atoms with Crippen LogP contribution >= 0.6 is 11.3 Å². The van der Waals surface area contributed by atoms with E-state index in [-0.39, 0.29) is 69.2 Å². The quantitative estimate of drug-likeness (QED) is 0.315. The molecule has 1 fully saturated rings. The van der Waals surface area contributed by atoms with Crippen LogP contribution in [0.15, 0.2) is 12.4 Å². The van der Waals surface area contributed by atoms with Crippen molar-refractivity contribution in [2.75, 3.05) is 36.9 Å². The van der Waals surface area contributed by atoms with Crippen molar-refractivity contribution >= 4 is 49.4 Å². The van der Waals surface area contributed by atoms with Crippen LogP contribution in [0.1, 0.15) is 44.4 Å². The Hall–Kier alpha value is -4.03. The molecule has 5 heterocycles. The number of benzene rings is 1. The third-order valence-electron chi connectivity index (χ3n) is 7.93. The molecule has 0 spiro atoms. The Kier molecular flexibility index (Phi) is 7.61. The molecule has 44 heavy (non-hydrogen) atoms. The van der Waals surface area contributed by atoms with E-state index in [2.05, 4.69) is 20.3 Å². The third kappa shape index (κ3) is 5.09. The van der Waals surface area contributed by atoms with Crippen LogP contribution in [0.25, 0.3) is 32.2 Å². The highest BCUT2D eigenvalue weighted by Gasteiger charge is 2.36. The van der Waals surface area contributed by atoms with E-state index in [0.29, 0.717) is 23.1 Å². The highest BCUT2D eigenvalue weighted by Crippen LogP contribution is 2.46. The number of nitrogens with zero attached hydrogens (tertiary/aromatic N) is 6. The lowest BCUT2D eigenvalue weighted by Crippen LogP contribution is -2.40. The fourth-order valence-electron chi connectivity index (χ4n) is 5.75. The number of ether oxygens (including phenoxy) is 2. The summed E-state index contributed by atoms with van der Waals surface area (Å²) in [6.07, 6.45) is 1.09. The monoisotopic (exact) mass is 623 g/mol. The average Bonchev–Trinajstić information content (AvgIpc) is 3.70. The SMILES string of the molecule is CCN(C)[C@@H]1CN(c2ncc3c4c(c(-c5ncc(F)c6sc(NC(=O)OC(C)(C)C)c(C#N)c56)c(F)c3n2)COC4)C[C@@H]1O. The van der Waals surface area contributed by atoms with Crippen LogP contribution < -0.4 is 10.2 Å². The maximum atomic E-state index is 16.8. The van der Waals surface area contributed by atoms with Gasteiger partial charge in [-0.1, -0.05) is 6.92 Å². The van der Waals surface area contributed by atoms with Crippen LogP contribution in [-0.4, -0.2) is 75.5 Å². The zero-order chi connectivity index (χ0) is 31.5. The van der Waals surface area contributed by atoms with Gasteiger partial charge in [0.25, 0.3) is 0 Å². The summed E-state index contributed by atoms with van der Waals surface area (Å²) in [6, 6.07) is 1.91. The van der Waals surface area contributed by atoms with Crippen LogP contribution in [0.3, 0.4) is 0 Å². The fraction of sp³-hybridized carbons (Fsp3) is 0.433. The first kappa shape index (κ1) is 30.0.